The molecular weight excluding hydrogens is 460 g/mol. The van der Waals surface area contributed by atoms with E-state index in [4.69, 9.17) is 9.84 Å². The zero-order valence-electron chi connectivity index (χ0n) is 20.5. The third-order valence-corrected chi connectivity index (χ3v) is 8.37. The maximum absolute atomic E-state index is 13.1. The maximum atomic E-state index is 13.1. The van der Waals surface area contributed by atoms with Crippen molar-refractivity contribution < 1.29 is 9.53 Å². The second-order valence-corrected chi connectivity index (χ2v) is 10.5. The first-order valence-electron chi connectivity index (χ1n) is 13.0. The van der Waals surface area contributed by atoms with Gasteiger partial charge in [-0.3, -0.25) is 14.8 Å². The molecule has 6 nitrogen and oxygen atoms in total. The van der Waals surface area contributed by atoms with Gasteiger partial charge in [0.1, 0.15) is 5.75 Å². The van der Waals surface area contributed by atoms with Gasteiger partial charge in [0.25, 0.3) is 0 Å². The van der Waals surface area contributed by atoms with Crippen molar-refractivity contribution in [2.45, 2.75) is 51.0 Å². The van der Waals surface area contributed by atoms with Gasteiger partial charge in [0.05, 0.1) is 23.7 Å². The third-order valence-electron chi connectivity index (χ3n) is 8.37. The van der Waals surface area contributed by atoms with Crippen LogP contribution in [-0.4, -0.2) is 41.2 Å². The van der Waals surface area contributed by atoms with Crippen molar-refractivity contribution in [1.82, 2.24) is 15.1 Å². The first-order valence-corrected chi connectivity index (χ1v) is 13.0. The quantitative estimate of drug-likeness (QED) is 0.345. The number of H-pyrrole nitrogens is 1. The number of carbonyl (C=O) groups excluding carboxylic acids is 1. The number of hydrogen-bond donors (Lipinski definition) is 2. The average Bonchev–Trinajstić information content (AvgIpc) is 3.43. The molecule has 1 aliphatic carbocycles. The molecule has 7 rings (SSSR count). The van der Waals surface area contributed by atoms with Crippen LogP contribution in [0.4, 0.5) is 5.69 Å². The number of benzene rings is 3. The van der Waals surface area contributed by atoms with E-state index in [1.165, 1.54) is 43.5 Å². The summed E-state index contributed by atoms with van der Waals surface area (Å²) >= 11 is 0. The molecule has 0 radical (unpaired) electrons. The van der Waals surface area contributed by atoms with E-state index in [-0.39, 0.29) is 19.3 Å². The highest BCUT2D eigenvalue weighted by Crippen LogP contribution is 2.65. The number of carbonyl (C=O) groups is 1. The minimum Gasteiger partial charge on any atom is -0.497 e. The Bertz CT molecular complexity index is 1490. The summed E-state index contributed by atoms with van der Waals surface area (Å²) in [4.78, 5) is 15.6. The fourth-order valence-corrected chi connectivity index (χ4v) is 6.37. The van der Waals surface area contributed by atoms with Crippen molar-refractivity contribution in [2.24, 2.45) is 0 Å². The lowest BCUT2D eigenvalue weighted by Crippen LogP contribution is -2.29. The molecule has 1 saturated carbocycles. The van der Waals surface area contributed by atoms with Crippen molar-refractivity contribution in [2.75, 3.05) is 25.5 Å². The number of likely N-dealkylation sites (tertiary alicyclic amines) is 1. The molecule has 3 aromatic carbocycles. The van der Waals surface area contributed by atoms with E-state index in [2.05, 4.69) is 57.8 Å². The second-order valence-electron chi connectivity index (χ2n) is 10.5. The van der Waals surface area contributed by atoms with Crippen molar-refractivity contribution in [1.29, 1.82) is 0 Å². The molecule has 0 bridgehead atoms. The van der Waals surface area contributed by atoms with Crippen LogP contribution in [0.1, 0.15) is 55.7 Å². The molecule has 1 spiro atoms. The predicted octanol–water partition coefficient (Wildman–Crippen LogP) is 6.24. The monoisotopic (exact) mass is 494 g/mol. The number of fused-ring (bicyclic) bond motifs is 3. The molecule has 4 aromatic rings. The summed E-state index contributed by atoms with van der Waals surface area (Å²) in [5.41, 5.74) is 7.09. The number of ether oxygens (including phenoxy) is 1. The standard InChI is InChI=1S/C30H30N4O2.CH4/c1-36-22-9-11-26-24(16-22)30(29(35)31-26)17-25(30)20-8-10-23-27(15-20)32-33-28(23)21-7-5-6-19(14-21)18-34-12-3-2-4-13-34;/h5-11,14-16,25H,2-4,12-13,17-18H2,1H3,(H,31,35)(H,32,33);1H4/t25?,30-;/m0./s1. The normalized spacial score (nSPS) is 22.5. The Hall–Kier alpha value is -3.64. The number of nitrogens with zero attached hydrogens (tertiary/aromatic N) is 2. The smallest absolute Gasteiger partial charge is 0.235 e. The highest BCUT2D eigenvalue weighted by atomic mass is 16.5. The van der Waals surface area contributed by atoms with E-state index in [0.717, 1.165) is 52.1 Å². The van der Waals surface area contributed by atoms with E-state index in [1.807, 2.05) is 18.2 Å². The number of nitrogens with one attached hydrogen (secondary N) is 2. The predicted molar refractivity (Wildman–Crippen MR) is 148 cm³/mol. The lowest BCUT2D eigenvalue weighted by molar-refractivity contribution is -0.118. The number of aromatic nitrogens is 2. The van der Waals surface area contributed by atoms with Gasteiger partial charge < -0.3 is 10.1 Å². The van der Waals surface area contributed by atoms with E-state index in [0.29, 0.717) is 0 Å². The van der Waals surface area contributed by atoms with Gasteiger partial charge in [-0.1, -0.05) is 44.2 Å². The van der Waals surface area contributed by atoms with Crippen LogP contribution < -0.4 is 10.1 Å². The Morgan fingerprint density at radius 1 is 1.05 bits per heavy atom. The number of rotatable bonds is 5. The molecule has 190 valence electrons. The van der Waals surface area contributed by atoms with Gasteiger partial charge in [-0.2, -0.15) is 5.10 Å². The van der Waals surface area contributed by atoms with Gasteiger partial charge >= 0.3 is 0 Å². The van der Waals surface area contributed by atoms with Crippen LogP contribution in [-0.2, 0) is 16.8 Å². The van der Waals surface area contributed by atoms with Crippen LogP contribution in [0, 0.1) is 0 Å². The molecule has 2 N–H and O–H groups in total. The number of hydrogen-bond acceptors (Lipinski definition) is 4. The molecule has 1 saturated heterocycles. The van der Waals surface area contributed by atoms with Crippen LogP contribution >= 0.6 is 0 Å². The maximum Gasteiger partial charge on any atom is 0.235 e. The molecule has 2 atom stereocenters. The summed E-state index contributed by atoms with van der Waals surface area (Å²) in [5, 5.41) is 12.2. The molecule has 1 unspecified atom stereocenters. The lowest BCUT2D eigenvalue weighted by Gasteiger charge is -2.26. The van der Waals surface area contributed by atoms with Gasteiger partial charge in [0, 0.05) is 29.1 Å². The van der Waals surface area contributed by atoms with Crippen LogP contribution in [0.2, 0.25) is 0 Å². The van der Waals surface area contributed by atoms with Crippen molar-refractivity contribution in [3.05, 3.63) is 77.4 Å². The summed E-state index contributed by atoms with van der Waals surface area (Å²) in [5.74, 6) is 1.02. The number of aromatic amines is 1. The zero-order chi connectivity index (χ0) is 24.3. The second kappa shape index (κ2) is 9.03. The molecule has 37 heavy (non-hydrogen) atoms. The topological polar surface area (TPSA) is 70.2 Å². The molecule has 6 heteroatoms. The van der Waals surface area contributed by atoms with Crippen molar-refractivity contribution in [3.8, 4) is 17.0 Å². The first kappa shape index (κ1) is 23.7. The Labute approximate surface area is 218 Å². The molecule has 3 heterocycles. The van der Waals surface area contributed by atoms with Crippen LogP contribution in [0.5, 0.6) is 5.75 Å². The van der Waals surface area contributed by atoms with E-state index < -0.39 is 5.41 Å². The number of methoxy groups -OCH3 is 1. The van der Waals surface area contributed by atoms with E-state index >= 15 is 0 Å². The fraction of sp³-hybridized carbons (Fsp3) is 0.355. The van der Waals surface area contributed by atoms with Crippen LogP contribution in [0.25, 0.3) is 22.2 Å². The van der Waals surface area contributed by atoms with Gasteiger partial charge in [-0.05, 0) is 79.4 Å². The average molecular weight is 495 g/mol. The largest absolute Gasteiger partial charge is 0.497 e. The molecule has 3 aliphatic rings. The van der Waals surface area contributed by atoms with Gasteiger partial charge in [-0.25, -0.2) is 0 Å². The highest BCUT2D eigenvalue weighted by molar-refractivity contribution is 6.10. The SMILES string of the molecule is C.COc1ccc2c(c1)[C@]1(CC1c1ccc3c(-c4cccc(CN5CCCCC5)c4)n[nH]c3c1)C(=O)N2. The molecule has 2 aliphatic heterocycles. The van der Waals surface area contributed by atoms with Crippen LogP contribution in [0.15, 0.2) is 60.7 Å². The fourth-order valence-electron chi connectivity index (χ4n) is 6.37. The minimum absolute atomic E-state index is 0. The Kier molecular flexibility index (Phi) is 5.80. The highest BCUT2D eigenvalue weighted by Gasteiger charge is 2.65. The van der Waals surface area contributed by atoms with Gasteiger partial charge in [-0.15, -0.1) is 0 Å². The summed E-state index contributed by atoms with van der Waals surface area (Å²) in [6.45, 7) is 3.38. The van der Waals surface area contributed by atoms with E-state index in [9.17, 15) is 4.79 Å². The number of anilines is 1. The Balaban J connectivity index is 0.00000252. The zero-order valence-corrected chi connectivity index (χ0v) is 20.5. The van der Waals surface area contributed by atoms with Gasteiger partial charge in [0.2, 0.25) is 5.91 Å². The first-order chi connectivity index (χ1) is 17.7. The summed E-state index contributed by atoms with van der Waals surface area (Å²) < 4.78 is 5.44. The minimum atomic E-state index is -0.497. The summed E-state index contributed by atoms with van der Waals surface area (Å²) in [6, 6.07) is 21.1. The van der Waals surface area contributed by atoms with Gasteiger partial charge in [0.15, 0.2) is 0 Å². The van der Waals surface area contributed by atoms with E-state index in [1.54, 1.807) is 7.11 Å². The Morgan fingerprint density at radius 3 is 2.76 bits per heavy atom. The molecule has 1 aromatic heterocycles. The third kappa shape index (κ3) is 3.82. The number of piperidine rings is 1. The Morgan fingerprint density at radius 2 is 1.92 bits per heavy atom. The summed E-state index contributed by atoms with van der Waals surface area (Å²) in [7, 11) is 1.66. The summed E-state index contributed by atoms with van der Waals surface area (Å²) in [6.07, 6.45) is 4.76. The van der Waals surface area contributed by atoms with Crippen LogP contribution in [0.3, 0.4) is 0 Å². The lowest BCUT2D eigenvalue weighted by atomic mass is 9.91. The van der Waals surface area contributed by atoms with Crippen molar-refractivity contribution in [3.63, 3.8) is 0 Å². The number of amides is 1. The molecule has 2 fully saturated rings. The van der Waals surface area contributed by atoms with Crippen molar-refractivity contribution >= 4 is 22.5 Å². The molecular formula is C31H34N4O2. The molecule has 1 amide bonds.